The highest BCUT2D eigenvalue weighted by Gasteiger charge is 2.11. The van der Waals surface area contributed by atoms with Gasteiger partial charge in [-0.15, -0.1) is 0 Å². The van der Waals surface area contributed by atoms with E-state index in [1.54, 1.807) is 0 Å². The van der Waals surface area contributed by atoms with Crippen LogP contribution in [0.3, 0.4) is 0 Å². The van der Waals surface area contributed by atoms with Crippen molar-refractivity contribution in [2.24, 2.45) is 0 Å². The Hall–Kier alpha value is -0.630. The molecule has 0 aromatic heterocycles. The first-order valence-electron chi connectivity index (χ1n) is 2.65. The van der Waals surface area contributed by atoms with E-state index in [-0.39, 0.29) is 0 Å². The fraction of sp³-hybridized carbons (Fsp3) is 0. The molecule has 0 atom stereocenters. The Labute approximate surface area is 58.2 Å². The number of benzene rings is 1. The smallest absolute Gasteiger partial charge is 0.142 e. The second kappa shape index (κ2) is 1.95. The maximum absolute atomic E-state index is 5.10. The summed E-state index contributed by atoms with van der Waals surface area (Å²) < 4.78 is 5.10. The van der Waals surface area contributed by atoms with Crippen LogP contribution in [0.15, 0.2) is 24.3 Å². The van der Waals surface area contributed by atoms with E-state index >= 15 is 0 Å². The third-order valence-electron chi connectivity index (χ3n) is 1.17. The van der Waals surface area contributed by atoms with Crippen LogP contribution >= 0.6 is 12.0 Å². The van der Waals surface area contributed by atoms with Crippen molar-refractivity contribution in [2.75, 3.05) is 0 Å². The molecule has 2 rings (SSSR count). The van der Waals surface area contributed by atoms with Gasteiger partial charge in [-0.25, -0.2) is 0 Å². The molecule has 9 heavy (non-hydrogen) atoms. The second-order valence-electron chi connectivity index (χ2n) is 1.76. The van der Waals surface area contributed by atoms with Crippen LogP contribution in [0.1, 0.15) is 5.56 Å². The summed E-state index contributed by atoms with van der Waals surface area (Å²) in [4.78, 5) is 0. The number of rotatable bonds is 0. The van der Waals surface area contributed by atoms with E-state index in [0.717, 1.165) is 11.3 Å². The molecule has 2 radical (unpaired) electrons. The first-order chi connectivity index (χ1) is 4.47. The molecule has 44 valence electrons. The van der Waals surface area contributed by atoms with Crippen molar-refractivity contribution in [1.82, 2.24) is 0 Å². The van der Waals surface area contributed by atoms with E-state index in [9.17, 15) is 0 Å². The second-order valence-corrected chi connectivity index (χ2v) is 2.30. The van der Waals surface area contributed by atoms with Crippen LogP contribution in [-0.2, 0) is 0 Å². The van der Waals surface area contributed by atoms with E-state index in [2.05, 4.69) is 5.75 Å². The zero-order chi connectivity index (χ0) is 6.10. The van der Waals surface area contributed by atoms with Gasteiger partial charge >= 0.3 is 0 Å². The molecule has 1 nitrogen and oxygen atoms in total. The van der Waals surface area contributed by atoms with Gasteiger partial charge in [0.2, 0.25) is 0 Å². The molecule has 1 heterocycles. The van der Waals surface area contributed by atoms with Crippen LogP contribution in [-0.4, -0.2) is 0 Å². The van der Waals surface area contributed by atoms with E-state index in [1.165, 1.54) is 12.0 Å². The lowest BCUT2D eigenvalue weighted by Gasteiger charge is -1.91. The Balaban J connectivity index is 2.54. The van der Waals surface area contributed by atoms with Crippen LogP contribution in [0.4, 0.5) is 0 Å². The lowest BCUT2D eigenvalue weighted by molar-refractivity contribution is 0.661. The molecule has 0 saturated carbocycles. The summed E-state index contributed by atoms with van der Waals surface area (Å²) in [6.45, 7) is 0. The minimum atomic E-state index is 0.919. The average molecular weight is 136 g/mol. The molecule has 2 heteroatoms. The first-order valence-corrected chi connectivity index (χ1v) is 3.39. The minimum absolute atomic E-state index is 0.919. The summed E-state index contributed by atoms with van der Waals surface area (Å²) in [6, 6.07) is 7.84. The molecule has 1 aromatic rings. The van der Waals surface area contributed by atoms with Crippen LogP contribution in [0.5, 0.6) is 5.75 Å². The van der Waals surface area contributed by atoms with Crippen molar-refractivity contribution in [3.05, 3.63) is 35.6 Å². The molecule has 1 aliphatic rings. The van der Waals surface area contributed by atoms with Crippen LogP contribution in [0.25, 0.3) is 0 Å². The van der Waals surface area contributed by atoms with Crippen LogP contribution in [0, 0.1) is 5.75 Å². The van der Waals surface area contributed by atoms with Gasteiger partial charge in [-0.05, 0) is 6.07 Å². The van der Waals surface area contributed by atoms with Gasteiger partial charge < -0.3 is 4.18 Å². The van der Waals surface area contributed by atoms with Gasteiger partial charge in [0.1, 0.15) is 11.5 Å². The summed E-state index contributed by atoms with van der Waals surface area (Å²) in [5, 5.41) is 0. The summed E-state index contributed by atoms with van der Waals surface area (Å²) >= 11 is 1.25. The van der Waals surface area contributed by atoms with Crippen molar-refractivity contribution < 1.29 is 4.18 Å². The summed E-state index contributed by atoms with van der Waals surface area (Å²) in [5.74, 6) is 3.91. The quantitative estimate of drug-likeness (QED) is 0.505. The van der Waals surface area contributed by atoms with Gasteiger partial charge in [-0.1, -0.05) is 18.2 Å². The summed E-state index contributed by atoms with van der Waals surface area (Å²) in [5.41, 5.74) is 1.06. The van der Waals surface area contributed by atoms with E-state index in [1.807, 2.05) is 24.3 Å². The summed E-state index contributed by atoms with van der Waals surface area (Å²) in [7, 11) is 0. The Morgan fingerprint density at radius 1 is 1.33 bits per heavy atom. The minimum Gasteiger partial charge on any atom is -0.424 e. The molecular weight excluding hydrogens is 132 g/mol. The van der Waals surface area contributed by atoms with Gasteiger partial charge in [0.05, 0.1) is 12.0 Å². The lowest BCUT2D eigenvalue weighted by atomic mass is 10.2. The third kappa shape index (κ3) is 0.793. The molecule has 0 saturated heterocycles. The maximum Gasteiger partial charge on any atom is 0.142 e. The molecule has 0 amide bonds. The SMILES string of the molecule is [C]1SOc2ccccc21. The molecule has 0 N–H and O–H groups in total. The predicted octanol–water partition coefficient (Wildman–Crippen LogP) is 2.11. The molecule has 1 aliphatic heterocycles. The Morgan fingerprint density at radius 3 is 3.11 bits per heavy atom. The number of hydrogen-bond donors (Lipinski definition) is 0. The third-order valence-corrected chi connectivity index (χ3v) is 1.74. The molecular formula is C7H4OS. The standard InChI is InChI=1S/C7H4OS/c1-2-4-7-6(3-1)5-9-8-7/h1-4H. The number of para-hydroxylation sites is 1. The number of fused-ring (bicyclic) bond motifs is 1. The Morgan fingerprint density at radius 2 is 2.22 bits per heavy atom. The molecule has 0 bridgehead atoms. The average Bonchev–Trinajstić information content (AvgIpc) is 2.33. The zero-order valence-electron chi connectivity index (χ0n) is 4.63. The topological polar surface area (TPSA) is 9.23 Å². The fourth-order valence-corrected chi connectivity index (χ4v) is 1.27. The van der Waals surface area contributed by atoms with Crippen molar-refractivity contribution in [2.45, 2.75) is 0 Å². The van der Waals surface area contributed by atoms with E-state index in [0.29, 0.717) is 0 Å². The van der Waals surface area contributed by atoms with Crippen molar-refractivity contribution >= 4 is 12.0 Å². The van der Waals surface area contributed by atoms with Gasteiger partial charge in [-0.3, -0.25) is 0 Å². The van der Waals surface area contributed by atoms with Crippen molar-refractivity contribution in [3.63, 3.8) is 0 Å². The monoisotopic (exact) mass is 136 g/mol. The molecule has 1 aromatic carbocycles. The van der Waals surface area contributed by atoms with Crippen molar-refractivity contribution in [1.29, 1.82) is 0 Å². The molecule has 0 spiro atoms. The molecule has 0 unspecified atom stereocenters. The molecule has 0 fully saturated rings. The van der Waals surface area contributed by atoms with E-state index < -0.39 is 0 Å². The summed E-state index contributed by atoms with van der Waals surface area (Å²) in [6.07, 6.45) is 0. The lowest BCUT2D eigenvalue weighted by Crippen LogP contribution is -1.71. The highest BCUT2D eigenvalue weighted by molar-refractivity contribution is 7.97. The van der Waals surface area contributed by atoms with Gasteiger partial charge in [0.15, 0.2) is 0 Å². The molecule has 0 aliphatic carbocycles. The highest BCUT2D eigenvalue weighted by atomic mass is 32.2. The highest BCUT2D eigenvalue weighted by Crippen LogP contribution is 2.34. The van der Waals surface area contributed by atoms with Gasteiger partial charge in [0, 0.05) is 5.56 Å². The van der Waals surface area contributed by atoms with Crippen LogP contribution in [0.2, 0.25) is 0 Å². The first kappa shape index (κ1) is 5.18. The maximum atomic E-state index is 5.10. The Bertz CT molecular complexity index is 199. The largest absolute Gasteiger partial charge is 0.424 e. The zero-order valence-corrected chi connectivity index (χ0v) is 5.44. The van der Waals surface area contributed by atoms with Gasteiger partial charge in [0.25, 0.3) is 0 Å². The van der Waals surface area contributed by atoms with Gasteiger partial charge in [-0.2, -0.15) is 0 Å². The van der Waals surface area contributed by atoms with Crippen LogP contribution < -0.4 is 4.18 Å². The normalized spacial score (nSPS) is 14.7. The number of hydrogen-bond acceptors (Lipinski definition) is 2. The fourth-order valence-electron chi connectivity index (χ4n) is 0.734. The Kier molecular flexibility index (Phi) is 1.12. The van der Waals surface area contributed by atoms with Crippen molar-refractivity contribution in [3.8, 4) is 5.75 Å². The van der Waals surface area contributed by atoms with E-state index in [4.69, 9.17) is 4.18 Å². The predicted molar refractivity (Wildman–Crippen MR) is 37.0 cm³/mol.